The SMILES string of the molecule is CC(C)(C(=O)Nc1cc(C#N)ccc1Cl)C1CCCNC1. The first-order valence-corrected chi connectivity index (χ1v) is 7.54. The van der Waals surface area contributed by atoms with E-state index in [1.165, 1.54) is 0 Å². The van der Waals surface area contributed by atoms with Crippen LogP contribution in [0.4, 0.5) is 5.69 Å². The van der Waals surface area contributed by atoms with Crippen LogP contribution in [0.1, 0.15) is 32.3 Å². The van der Waals surface area contributed by atoms with Crippen LogP contribution in [0.15, 0.2) is 18.2 Å². The van der Waals surface area contributed by atoms with Crippen LogP contribution in [0.3, 0.4) is 0 Å². The van der Waals surface area contributed by atoms with E-state index in [0.29, 0.717) is 22.2 Å². The van der Waals surface area contributed by atoms with E-state index in [-0.39, 0.29) is 5.91 Å². The zero-order chi connectivity index (χ0) is 15.5. The van der Waals surface area contributed by atoms with E-state index in [0.717, 1.165) is 25.9 Å². The standard InChI is InChI=1S/C16H20ClN3O/c1-16(2,12-4-3-7-19-10-12)15(21)20-14-8-11(9-18)5-6-13(14)17/h5-6,8,12,19H,3-4,7,10H2,1-2H3,(H,20,21). The van der Waals surface area contributed by atoms with Crippen molar-refractivity contribution in [1.29, 1.82) is 5.26 Å². The predicted molar refractivity (Wildman–Crippen MR) is 84.2 cm³/mol. The lowest BCUT2D eigenvalue weighted by atomic mass is 9.74. The number of piperidine rings is 1. The molecule has 4 nitrogen and oxygen atoms in total. The molecule has 0 bridgehead atoms. The minimum atomic E-state index is -0.487. The molecular formula is C16H20ClN3O. The van der Waals surface area contributed by atoms with Gasteiger partial charge in [0.15, 0.2) is 0 Å². The minimum absolute atomic E-state index is 0.0619. The number of hydrogen-bond donors (Lipinski definition) is 2. The number of hydrogen-bond acceptors (Lipinski definition) is 3. The van der Waals surface area contributed by atoms with Crippen LogP contribution in [0.25, 0.3) is 0 Å². The highest BCUT2D eigenvalue weighted by Gasteiger charge is 2.37. The number of nitrogens with one attached hydrogen (secondary N) is 2. The molecule has 1 atom stereocenters. The van der Waals surface area contributed by atoms with Gasteiger partial charge in [-0.2, -0.15) is 5.26 Å². The highest BCUT2D eigenvalue weighted by molar-refractivity contribution is 6.33. The van der Waals surface area contributed by atoms with Gasteiger partial charge in [-0.15, -0.1) is 0 Å². The Morgan fingerprint density at radius 3 is 2.90 bits per heavy atom. The highest BCUT2D eigenvalue weighted by Crippen LogP contribution is 2.34. The summed E-state index contributed by atoms with van der Waals surface area (Å²) >= 11 is 6.10. The van der Waals surface area contributed by atoms with Gasteiger partial charge in [0, 0.05) is 5.41 Å². The molecule has 112 valence electrons. The Morgan fingerprint density at radius 1 is 1.52 bits per heavy atom. The zero-order valence-electron chi connectivity index (χ0n) is 12.4. The molecule has 1 aliphatic rings. The summed E-state index contributed by atoms with van der Waals surface area (Å²) in [5.74, 6) is 0.234. The fourth-order valence-corrected chi connectivity index (χ4v) is 2.79. The Morgan fingerprint density at radius 2 is 2.29 bits per heavy atom. The third-order valence-electron chi connectivity index (χ3n) is 4.25. The third kappa shape index (κ3) is 3.55. The number of anilines is 1. The summed E-state index contributed by atoms with van der Waals surface area (Å²) < 4.78 is 0. The molecule has 1 fully saturated rings. The average Bonchev–Trinajstić information content (AvgIpc) is 2.50. The molecular weight excluding hydrogens is 286 g/mol. The van der Waals surface area contributed by atoms with Gasteiger partial charge in [0.05, 0.1) is 22.3 Å². The van der Waals surface area contributed by atoms with Crippen molar-refractivity contribution in [2.45, 2.75) is 26.7 Å². The van der Waals surface area contributed by atoms with Crippen LogP contribution in [0, 0.1) is 22.7 Å². The molecule has 1 aromatic rings. The zero-order valence-corrected chi connectivity index (χ0v) is 13.1. The molecule has 21 heavy (non-hydrogen) atoms. The number of amides is 1. The van der Waals surface area contributed by atoms with Gasteiger partial charge in [-0.25, -0.2) is 0 Å². The predicted octanol–water partition coefficient (Wildman–Crippen LogP) is 3.18. The van der Waals surface area contributed by atoms with Gasteiger partial charge < -0.3 is 10.6 Å². The smallest absolute Gasteiger partial charge is 0.230 e. The van der Waals surface area contributed by atoms with Crippen molar-refractivity contribution < 1.29 is 4.79 Å². The van der Waals surface area contributed by atoms with Crippen molar-refractivity contribution in [2.24, 2.45) is 11.3 Å². The molecule has 1 heterocycles. The second-order valence-corrected chi connectivity index (χ2v) is 6.43. The molecule has 5 heteroatoms. The first kappa shape index (κ1) is 15.8. The van der Waals surface area contributed by atoms with Crippen LogP contribution in [0.5, 0.6) is 0 Å². The lowest BCUT2D eigenvalue weighted by Gasteiger charge is -2.36. The molecule has 0 aliphatic carbocycles. The van der Waals surface area contributed by atoms with Gasteiger partial charge in [-0.3, -0.25) is 4.79 Å². The minimum Gasteiger partial charge on any atom is -0.324 e. The number of rotatable bonds is 3. The van der Waals surface area contributed by atoms with Crippen LogP contribution in [-0.4, -0.2) is 19.0 Å². The second kappa shape index (κ2) is 6.46. The summed E-state index contributed by atoms with van der Waals surface area (Å²) in [6.45, 7) is 5.79. The van der Waals surface area contributed by atoms with Crippen LogP contribution in [-0.2, 0) is 4.79 Å². The first-order chi connectivity index (χ1) is 9.95. The molecule has 2 rings (SSSR count). The number of halogens is 1. The molecule has 1 aromatic carbocycles. The fourth-order valence-electron chi connectivity index (χ4n) is 2.63. The molecule has 1 amide bonds. The normalized spacial score (nSPS) is 18.9. The lowest BCUT2D eigenvalue weighted by Crippen LogP contribution is -2.44. The van der Waals surface area contributed by atoms with Crippen LogP contribution in [0.2, 0.25) is 5.02 Å². The molecule has 1 saturated heterocycles. The second-order valence-electron chi connectivity index (χ2n) is 6.03. The Bertz CT molecular complexity index is 571. The maximum atomic E-state index is 12.6. The Balaban J connectivity index is 2.15. The van der Waals surface area contributed by atoms with E-state index in [2.05, 4.69) is 10.6 Å². The molecule has 1 aliphatic heterocycles. The number of benzene rings is 1. The van der Waals surface area contributed by atoms with Gasteiger partial charge >= 0.3 is 0 Å². The van der Waals surface area contributed by atoms with Gasteiger partial charge in [-0.1, -0.05) is 25.4 Å². The van der Waals surface area contributed by atoms with Crippen molar-refractivity contribution in [3.8, 4) is 6.07 Å². The highest BCUT2D eigenvalue weighted by atomic mass is 35.5. The molecule has 0 radical (unpaired) electrons. The van der Waals surface area contributed by atoms with Gasteiger partial charge in [0.2, 0.25) is 5.91 Å². The topological polar surface area (TPSA) is 64.9 Å². The third-order valence-corrected chi connectivity index (χ3v) is 4.58. The summed E-state index contributed by atoms with van der Waals surface area (Å²) in [5, 5.41) is 15.6. The number of nitriles is 1. The van der Waals surface area contributed by atoms with Gasteiger partial charge in [-0.05, 0) is 50.0 Å². The summed E-state index contributed by atoms with van der Waals surface area (Å²) in [7, 11) is 0. The molecule has 1 unspecified atom stereocenters. The summed E-state index contributed by atoms with van der Waals surface area (Å²) in [5.41, 5.74) is 0.490. The first-order valence-electron chi connectivity index (χ1n) is 7.17. The Labute approximate surface area is 130 Å². The maximum absolute atomic E-state index is 12.6. The quantitative estimate of drug-likeness (QED) is 0.901. The summed E-state index contributed by atoms with van der Waals surface area (Å²) in [6, 6.07) is 6.92. The van der Waals surface area contributed by atoms with E-state index in [1.54, 1.807) is 18.2 Å². The van der Waals surface area contributed by atoms with Gasteiger partial charge in [0.25, 0.3) is 0 Å². The number of carbonyl (C=O) groups is 1. The lowest BCUT2D eigenvalue weighted by molar-refractivity contribution is -0.127. The maximum Gasteiger partial charge on any atom is 0.230 e. The van der Waals surface area contributed by atoms with Crippen LogP contribution < -0.4 is 10.6 Å². The van der Waals surface area contributed by atoms with E-state index in [9.17, 15) is 4.79 Å². The van der Waals surface area contributed by atoms with E-state index in [1.807, 2.05) is 19.9 Å². The Kier molecular flexibility index (Phi) is 4.87. The molecule has 0 saturated carbocycles. The van der Waals surface area contributed by atoms with E-state index >= 15 is 0 Å². The van der Waals surface area contributed by atoms with E-state index < -0.39 is 5.41 Å². The van der Waals surface area contributed by atoms with E-state index in [4.69, 9.17) is 16.9 Å². The Hall–Kier alpha value is -1.57. The van der Waals surface area contributed by atoms with Crippen molar-refractivity contribution in [3.05, 3.63) is 28.8 Å². The fraction of sp³-hybridized carbons (Fsp3) is 0.500. The van der Waals surface area contributed by atoms with Gasteiger partial charge in [0.1, 0.15) is 0 Å². The van der Waals surface area contributed by atoms with Crippen LogP contribution >= 0.6 is 11.6 Å². The summed E-state index contributed by atoms with van der Waals surface area (Å²) in [4.78, 5) is 12.6. The number of carbonyl (C=O) groups excluding carboxylic acids is 1. The average molecular weight is 306 g/mol. The van der Waals surface area contributed by atoms with Crippen molar-refractivity contribution in [3.63, 3.8) is 0 Å². The monoisotopic (exact) mass is 305 g/mol. The summed E-state index contributed by atoms with van der Waals surface area (Å²) in [6.07, 6.45) is 2.13. The molecule has 0 spiro atoms. The molecule has 0 aromatic heterocycles. The van der Waals surface area contributed by atoms with Crippen molar-refractivity contribution in [1.82, 2.24) is 5.32 Å². The molecule has 2 N–H and O–H groups in total. The largest absolute Gasteiger partial charge is 0.324 e. The van der Waals surface area contributed by atoms with Crippen molar-refractivity contribution in [2.75, 3.05) is 18.4 Å². The number of nitrogens with zero attached hydrogens (tertiary/aromatic N) is 1. The van der Waals surface area contributed by atoms with Crippen molar-refractivity contribution >= 4 is 23.2 Å².